The molecule has 158 valence electrons. The summed E-state index contributed by atoms with van der Waals surface area (Å²) in [5.41, 5.74) is 4.09. The second-order valence-corrected chi connectivity index (χ2v) is 9.68. The summed E-state index contributed by atoms with van der Waals surface area (Å²) in [5.74, 6) is 0. The van der Waals surface area contributed by atoms with Crippen molar-refractivity contribution < 1.29 is 0 Å². The molecule has 0 fully saturated rings. The van der Waals surface area contributed by atoms with Crippen LogP contribution in [0.25, 0.3) is 0 Å². The van der Waals surface area contributed by atoms with Gasteiger partial charge in [-0.3, -0.25) is 0 Å². The van der Waals surface area contributed by atoms with Gasteiger partial charge < -0.3 is 0 Å². The molecule has 2 heteroatoms. The van der Waals surface area contributed by atoms with E-state index < -0.39 is 0 Å². The Morgan fingerprint density at radius 2 is 0.867 bits per heavy atom. The van der Waals surface area contributed by atoms with Crippen LogP contribution in [0.2, 0.25) is 0 Å². The van der Waals surface area contributed by atoms with Crippen LogP contribution >= 0.6 is 19.2 Å². The highest BCUT2D eigenvalue weighted by Gasteiger charge is 2.35. The second kappa shape index (κ2) is 12.9. The Labute approximate surface area is 189 Å². The molecule has 3 rings (SSSR count). The highest BCUT2D eigenvalue weighted by Crippen LogP contribution is 2.43. The third kappa shape index (κ3) is 6.19. The summed E-state index contributed by atoms with van der Waals surface area (Å²) in [7, 11) is 0.594. The van der Waals surface area contributed by atoms with E-state index in [-0.39, 0.29) is 5.41 Å². The van der Waals surface area contributed by atoms with Crippen molar-refractivity contribution in [2.45, 2.75) is 56.8 Å². The Hall–Kier alpha value is -1.62. The van der Waals surface area contributed by atoms with Crippen molar-refractivity contribution in [3.05, 3.63) is 108 Å². The molecule has 1 atom stereocenters. The van der Waals surface area contributed by atoms with E-state index in [1.807, 2.05) is 0 Å². The van der Waals surface area contributed by atoms with E-state index in [2.05, 4.69) is 91.0 Å². The van der Waals surface area contributed by atoms with E-state index in [4.69, 9.17) is 11.2 Å². The van der Waals surface area contributed by atoms with Crippen molar-refractivity contribution in [2.75, 3.05) is 6.16 Å². The number of halogens is 1. The number of benzene rings is 3. The maximum Gasteiger partial charge on any atom is 0.0451 e. The third-order valence-electron chi connectivity index (χ3n) is 6.12. The quantitative estimate of drug-likeness (QED) is 0.142. The first kappa shape index (κ1) is 23.1. The normalized spacial score (nSPS) is 11.9. The van der Waals surface area contributed by atoms with Crippen molar-refractivity contribution in [3.8, 4) is 0 Å². The molecule has 0 aliphatic heterocycles. The molecule has 1 unspecified atom stereocenters. The lowest BCUT2D eigenvalue weighted by molar-refractivity contribution is 0.497. The first-order chi connectivity index (χ1) is 14.9. The van der Waals surface area contributed by atoms with E-state index in [9.17, 15) is 0 Å². The second-order valence-electron chi connectivity index (χ2n) is 8.11. The van der Waals surface area contributed by atoms with Crippen LogP contribution in [-0.4, -0.2) is 6.16 Å². The van der Waals surface area contributed by atoms with E-state index in [0.717, 1.165) is 6.42 Å². The topological polar surface area (TPSA) is 0 Å². The smallest absolute Gasteiger partial charge is 0.0451 e. The molecule has 0 bridgehead atoms. The summed E-state index contributed by atoms with van der Waals surface area (Å²) < 4.78 is 0. The zero-order valence-corrected chi connectivity index (χ0v) is 19.7. The molecule has 0 aromatic heterocycles. The van der Waals surface area contributed by atoms with Crippen LogP contribution in [0.15, 0.2) is 91.0 Å². The molecule has 0 aliphatic rings. The Morgan fingerprint density at radius 3 is 1.27 bits per heavy atom. The summed E-state index contributed by atoms with van der Waals surface area (Å²) >= 11 is 5.80. The zero-order valence-electron chi connectivity index (χ0n) is 17.9. The largest absolute Gasteiger partial charge is 0.100 e. The average molecular weight is 437 g/mol. The number of rotatable bonds is 13. The van der Waals surface area contributed by atoms with Crippen LogP contribution in [0.4, 0.5) is 0 Å². The molecule has 0 spiro atoms. The van der Waals surface area contributed by atoms with Crippen LogP contribution in [0.3, 0.4) is 0 Å². The molecule has 0 nitrogen and oxygen atoms in total. The molecule has 0 radical (unpaired) electrons. The standard InChI is InChI=1S/C28H34ClP/c29-30-24-16-5-3-1-2-4-15-23-28(25-17-9-6-10-18-25,26-19-11-7-12-20-26)27-21-13-8-14-22-27/h6-14,17-22,30H,1-5,15-16,23-24H2. The fourth-order valence-corrected chi connectivity index (χ4v) is 5.35. The molecule has 0 heterocycles. The molecule has 3 aromatic carbocycles. The van der Waals surface area contributed by atoms with Crippen LogP contribution in [0, 0.1) is 0 Å². The van der Waals surface area contributed by atoms with E-state index in [1.54, 1.807) is 0 Å². The fourth-order valence-electron chi connectivity index (χ4n) is 4.57. The van der Waals surface area contributed by atoms with Crippen molar-refractivity contribution in [1.29, 1.82) is 0 Å². The van der Waals surface area contributed by atoms with Gasteiger partial charge in [0.15, 0.2) is 0 Å². The summed E-state index contributed by atoms with van der Waals surface area (Å²) in [5, 5.41) is 0. The fraction of sp³-hybridized carbons (Fsp3) is 0.357. The number of unbranched alkanes of at least 4 members (excludes halogenated alkanes) is 6. The van der Waals surface area contributed by atoms with Crippen LogP contribution in [0.1, 0.15) is 68.1 Å². The van der Waals surface area contributed by atoms with Gasteiger partial charge in [0.2, 0.25) is 0 Å². The van der Waals surface area contributed by atoms with Gasteiger partial charge in [0.25, 0.3) is 0 Å². The van der Waals surface area contributed by atoms with Gasteiger partial charge >= 0.3 is 0 Å². The minimum atomic E-state index is -0.0922. The average Bonchev–Trinajstić information content (AvgIpc) is 2.82. The minimum Gasteiger partial charge on any atom is -0.100 e. The van der Waals surface area contributed by atoms with E-state index in [0.29, 0.717) is 7.93 Å². The van der Waals surface area contributed by atoms with Gasteiger partial charge in [0.05, 0.1) is 0 Å². The van der Waals surface area contributed by atoms with E-state index >= 15 is 0 Å². The van der Waals surface area contributed by atoms with Crippen molar-refractivity contribution in [1.82, 2.24) is 0 Å². The Kier molecular flexibility index (Phi) is 9.94. The molecule has 0 saturated heterocycles. The highest BCUT2D eigenvalue weighted by atomic mass is 35.7. The maximum absolute atomic E-state index is 5.80. The van der Waals surface area contributed by atoms with Gasteiger partial charge in [-0.15, -0.1) is 11.2 Å². The highest BCUT2D eigenvalue weighted by molar-refractivity contribution is 7.68. The Balaban J connectivity index is 1.77. The summed E-state index contributed by atoms with van der Waals surface area (Å²) in [6, 6.07) is 33.2. The lowest BCUT2D eigenvalue weighted by Gasteiger charge is -2.36. The lowest BCUT2D eigenvalue weighted by Crippen LogP contribution is -2.29. The number of hydrogen-bond acceptors (Lipinski definition) is 0. The number of hydrogen-bond donors (Lipinski definition) is 0. The first-order valence-corrected chi connectivity index (χ1v) is 13.6. The van der Waals surface area contributed by atoms with Gasteiger partial charge in [-0.1, -0.05) is 130 Å². The van der Waals surface area contributed by atoms with Gasteiger partial charge in [-0.05, 0) is 43.6 Å². The van der Waals surface area contributed by atoms with Gasteiger partial charge in [0.1, 0.15) is 0 Å². The molecular formula is C28H34ClP. The van der Waals surface area contributed by atoms with Crippen LogP contribution in [0.5, 0.6) is 0 Å². The minimum absolute atomic E-state index is 0.0922. The summed E-state index contributed by atoms with van der Waals surface area (Å²) in [6.45, 7) is 0. The van der Waals surface area contributed by atoms with Crippen molar-refractivity contribution in [3.63, 3.8) is 0 Å². The monoisotopic (exact) mass is 436 g/mol. The summed E-state index contributed by atoms with van der Waals surface area (Å²) in [6.07, 6.45) is 11.5. The summed E-state index contributed by atoms with van der Waals surface area (Å²) in [4.78, 5) is 0. The lowest BCUT2D eigenvalue weighted by atomic mass is 9.66. The van der Waals surface area contributed by atoms with Crippen LogP contribution < -0.4 is 0 Å². The van der Waals surface area contributed by atoms with Gasteiger partial charge in [-0.25, -0.2) is 0 Å². The van der Waals surface area contributed by atoms with Crippen LogP contribution in [-0.2, 0) is 5.41 Å². The molecular weight excluding hydrogens is 403 g/mol. The zero-order chi connectivity index (χ0) is 20.9. The molecule has 0 N–H and O–H groups in total. The predicted molar refractivity (Wildman–Crippen MR) is 135 cm³/mol. The third-order valence-corrected chi connectivity index (χ3v) is 7.23. The molecule has 0 aliphatic carbocycles. The van der Waals surface area contributed by atoms with Gasteiger partial charge in [0, 0.05) is 5.41 Å². The Bertz CT molecular complexity index is 720. The Morgan fingerprint density at radius 1 is 0.500 bits per heavy atom. The SMILES string of the molecule is ClPCCCCCCCCCC(c1ccccc1)(c1ccccc1)c1ccccc1. The molecule has 0 saturated carbocycles. The molecule has 0 amide bonds. The molecule has 30 heavy (non-hydrogen) atoms. The van der Waals surface area contributed by atoms with Gasteiger partial charge in [-0.2, -0.15) is 0 Å². The van der Waals surface area contributed by atoms with Crippen molar-refractivity contribution >= 4 is 19.2 Å². The molecule has 3 aromatic rings. The van der Waals surface area contributed by atoms with E-state index in [1.165, 1.54) is 67.8 Å². The first-order valence-electron chi connectivity index (χ1n) is 11.4. The van der Waals surface area contributed by atoms with Crippen molar-refractivity contribution in [2.24, 2.45) is 0 Å². The maximum atomic E-state index is 5.80. The predicted octanol–water partition coefficient (Wildman–Crippen LogP) is 8.97.